The molecule has 0 radical (unpaired) electrons. The lowest BCUT2D eigenvalue weighted by atomic mass is 10.4. The number of nitrogens with zero attached hydrogens (tertiary/aromatic N) is 1. The van der Waals surface area contributed by atoms with Gasteiger partial charge in [0, 0.05) is 30.8 Å². The average molecular weight is 362 g/mol. The maximum absolute atomic E-state index is 12.8. The van der Waals surface area contributed by atoms with Gasteiger partial charge in [0.1, 0.15) is 15.7 Å². The van der Waals surface area contributed by atoms with Crippen LogP contribution in [0, 0.1) is 5.82 Å². The van der Waals surface area contributed by atoms with Crippen LogP contribution in [-0.4, -0.2) is 51.8 Å². The molecule has 2 N–H and O–H groups in total. The smallest absolute Gasteiger partial charge is 0.191 e. The number of hydrogen-bond acceptors (Lipinski definition) is 4. The Morgan fingerprint density at radius 1 is 1.26 bits per heavy atom. The number of sulfone groups is 1. The van der Waals surface area contributed by atoms with Crippen LogP contribution in [0.2, 0.25) is 0 Å². The van der Waals surface area contributed by atoms with Gasteiger partial charge in [0.05, 0.1) is 5.75 Å². The largest absolute Gasteiger partial charge is 0.357 e. The number of hydrogen-bond donors (Lipinski definition) is 2. The van der Waals surface area contributed by atoms with E-state index in [2.05, 4.69) is 15.6 Å². The highest BCUT2D eigenvalue weighted by Gasteiger charge is 2.03. The number of rotatable bonds is 9. The van der Waals surface area contributed by atoms with Crippen molar-refractivity contribution in [1.82, 2.24) is 10.6 Å². The summed E-state index contributed by atoms with van der Waals surface area (Å²) < 4.78 is 35.0. The molecule has 5 nitrogen and oxygen atoms in total. The first-order valence-corrected chi connectivity index (χ1v) is 10.5. The summed E-state index contributed by atoms with van der Waals surface area (Å²) in [6, 6.07) is 6.44. The third-order valence-corrected chi connectivity index (χ3v) is 4.81. The van der Waals surface area contributed by atoms with E-state index in [0.29, 0.717) is 19.0 Å². The predicted octanol–water partition coefficient (Wildman–Crippen LogP) is 1.91. The fourth-order valence-corrected chi connectivity index (χ4v) is 2.98. The minimum absolute atomic E-state index is 0.0812. The van der Waals surface area contributed by atoms with E-state index in [4.69, 9.17) is 0 Å². The van der Waals surface area contributed by atoms with Crippen molar-refractivity contribution in [2.75, 3.05) is 37.4 Å². The van der Waals surface area contributed by atoms with Crippen molar-refractivity contribution in [1.29, 1.82) is 0 Å². The van der Waals surface area contributed by atoms with Crippen LogP contribution >= 0.6 is 11.8 Å². The Morgan fingerprint density at radius 3 is 2.57 bits per heavy atom. The second-order valence-corrected chi connectivity index (χ2v) is 8.40. The molecule has 0 aromatic heterocycles. The fourth-order valence-electron chi connectivity index (χ4n) is 1.67. The Kier molecular flexibility index (Phi) is 9.01. The van der Waals surface area contributed by atoms with E-state index >= 15 is 0 Å². The molecule has 0 atom stereocenters. The summed E-state index contributed by atoms with van der Waals surface area (Å²) in [4.78, 5) is 5.44. The number of nitrogens with one attached hydrogen (secondary N) is 2. The Morgan fingerprint density at radius 2 is 1.96 bits per heavy atom. The van der Waals surface area contributed by atoms with E-state index < -0.39 is 9.84 Å². The van der Waals surface area contributed by atoms with Crippen LogP contribution in [0.1, 0.15) is 13.3 Å². The summed E-state index contributed by atoms with van der Waals surface area (Å²) in [7, 11) is -2.97. The minimum atomic E-state index is -2.97. The number of halogens is 1. The molecule has 0 aliphatic carbocycles. The molecule has 0 heterocycles. The van der Waals surface area contributed by atoms with Gasteiger partial charge in [-0.05, 0) is 43.4 Å². The molecule has 0 aliphatic rings. The van der Waals surface area contributed by atoms with Gasteiger partial charge >= 0.3 is 0 Å². The van der Waals surface area contributed by atoms with Crippen molar-refractivity contribution in [3.63, 3.8) is 0 Å². The van der Waals surface area contributed by atoms with Crippen LogP contribution in [0.3, 0.4) is 0 Å². The van der Waals surface area contributed by atoms with E-state index in [1.54, 1.807) is 23.9 Å². The van der Waals surface area contributed by atoms with Gasteiger partial charge in [-0.2, -0.15) is 0 Å². The van der Waals surface area contributed by atoms with Crippen LogP contribution in [0.5, 0.6) is 0 Å². The lowest BCUT2D eigenvalue weighted by Gasteiger charge is -2.10. The predicted molar refractivity (Wildman–Crippen MR) is 95.4 cm³/mol. The molecule has 1 rings (SSSR count). The second-order valence-electron chi connectivity index (χ2n) is 4.97. The van der Waals surface area contributed by atoms with Crippen LogP contribution in [0.15, 0.2) is 34.2 Å². The van der Waals surface area contributed by atoms with Gasteiger partial charge in [0.25, 0.3) is 0 Å². The quantitative estimate of drug-likeness (QED) is 0.304. The first-order chi connectivity index (χ1) is 10.9. The minimum Gasteiger partial charge on any atom is -0.357 e. The van der Waals surface area contributed by atoms with E-state index in [1.807, 2.05) is 6.92 Å². The van der Waals surface area contributed by atoms with Crippen molar-refractivity contribution in [3.05, 3.63) is 30.1 Å². The molecule has 0 unspecified atom stereocenters. The zero-order valence-electron chi connectivity index (χ0n) is 13.5. The molecule has 1 aromatic carbocycles. The molecule has 130 valence electrons. The molecule has 8 heteroatoms. The fraction of sp³-hybridized carbons (Fsp3) is 0.533. The number of thioether (sulfide) groups is 1. The normalized spacial score (nSPS) is 12.2. The van der Waals surface area contributed by atoms with Crippen LogP contribution in [0.4, 0.5) is 4.39 Å². The van der Waals surface area contributed by atoms with Gasteiger partial charge in [-0.1, -0.05) is 0 Å². The Hall–Kier alpha value is -1.28. The first kappa shape index (κ1) is 19.8. The van der Waals surface area contributed by atoms with E-state index in [9.17, 15) is 12.8 Å². The standard InChI is InChI=1S/C15H24FN3O2S2/c1-3-17-15(19-10-12-23(2,20)21)18-9-4-11-22-14-7-5-13(16)6-8-14/h5-8H,3-4,9-12H2,1-2H3,(H2,17,18,19). The Bertz CT molecular complexity index is 589. The van der Waals surface area contributed by atoms with Crippen molar-refractivity contribution < 1.29 is 12.8 Å². The number of guanidine groups is 1. The van der Waals surface area contributed by atoms with Crippen molar-refractivity contribution >= 4 is 27.6 Å². The Balaban J connectivity index is 2.29. The molecular weight excluding hydrogens is 337 g/mol. The van der Waals surface area contributed by atoms with E-state index in [0.717, 1.165) is 23.6 Å². The van der Waals surface area contributed by atoms with Crippen molar-refractivity contribution in [3.8, 4) is 0 Å². The van der Waals surface area contributed by atoms with Crippen molar-refractivity contribution in [2.24, 2.45) is 4.99 Å². The van der Waals surface area contributed by atoms with Gasteiger partial charge in [-0.25, -0.2) is 12.8 Å². The molecular formula is C15H24FN3O2S2. The molecule has 0 amide bonds. The lowest BCUT2D eigenvalue weighted by Crippen LogP contribution is -2.39. The average Bonchev–Trinajstić information content (AvgIpc) is 2.47. The first-order valence-electron chi connectivity index (χ1n) is 7.49. The summed E-state index contributed by atoms with van der Waals surface area (Å²) in [6.45, 7) is 3.66. The molecule has 1 aromatic rings. The van der Waals surface area contributed by atoms with E-state index in [-0.39, 0.29) is 11.6 Å². The maximum atomic E-state index is 12.8. The summed E-state index contributed by atoms with van der Waals surface area (Å²) >= 11 is 1.66. The molecule has 0 saturated heterocycles. The number of aliphatic imine (C=N–C) groups is 1. The van der Waals surface area contributed by atoms with Crippen LogP contribution in [0.25, 0.3) is 0 Å². The van der Waals surface area contributed by atoms with Gasteiger partial charge in [0.2, 0.25) is 0 Å². The Labute approximate surface area is 142 Å². The summed E-state index contributed by atoms with van der Waals surface area (Å²) in [5.74, 6) is 1.37. The van der Waals surface area contributed by atoms with E-state index in [1.165, 1.54) is 18.4 Å². The molecule has 23 heavy (non-hydrogen) atoms. The van der Waals surface area contributed by atoms with Crippen molar-refractivity contribution in [2.45, 2.75) is 18.2 Å². The van der Waals surface area contributed by atoms with Crippen LogP contribution in [-0.2, 0) is 9.84 Å². The molecule has 0 spiro atoms. The third kappa shape index (κ3) is 10.2. The summed E-state index contributed by atoms with van der Waals surface area (Å²) in [5.41, 5.74) is 0. The topological polar surface area (TPSA) is 70.6 Å². The second kappa shape index (κ2) is 10.5. The summed E-state index contributed by atoms with van der Waals surface area (Å²) in [6.07, 6.45) is 2.09. The SMILES string of the molecule is CCNC(=NCCCSc1ccc(F)cc1)NCCS(C)(=O)=O. The highest BCUT2D eigenvalue weighted by atomic mass is 32.2. The molecule has 0 fully saturated rings. The van der Waals surface area contributed by atoms with Gasteiger partial charge in [-0.15, -0.1) is 11.8 Å². The highest BCUT2D eigenvalue weighted by molar-refractivity contribution is 7.99. The van der Waals surface area contributed by atoms with Gasteiger partial charge in [0.15, 0.2) is 5.96 Å². The molecule has 0 saturated carbocycles. The lowest BCUT2D eigenvalue weighted by molar-refractivity contribution is 0.600. The zero-order valence-corrected chi connectivity index (χ0v) is 15.1. The monoisotopic (exact) mass is 361 g/mol. The van der Waals surface area contributed by atoms with Gasteiger partial charge < -0.3 is 10.6 Å². The molecule has 0 aliphatic heterocycles. The van der Waals surface area contributed by atoms with Gasteiger partial charge in [-0.3, -0.25) is 4.99 Å². The highest BCUT2D eigenvalue weighted by Crippen LogP contribution is 2.18. The summed E-state index contributed by atoms with van der Waals surface area (Å²) in [5, 5.41) is 6.08. The third-order valence-electron chi connectivity index (χ3n) is 2.76. The zero-order chi connectivity index (χ0) is 17.1. The van der Waals surface area contributed by atoms with Crippen LogP contribution < -0.4 is 10.6 Å². The maximum Gasteiger partial charge on any atom is 0.191 e. The number of benzene rings is 1. The molecule has 0 bridgehead atoms.